The second-order valence-corrected chi connectivity index (χ2v) is 6.86. The van der Waals surface area contributed by atoms with Crippen molar-refractivity contribution in [1.29, 1.82) is 0 Å². The van der Waals surface area contributed by atoms with Gasteiger partial charge in [0, 0.05) is 13.1 Å². The second-order valence-electron chi connectivity index (χ2n) is 4.57. The molecule has 1 nitrogen and oxygen atoms in total. The molecule has 3 heteroatoms. The lowest BCUT2D eigenvalue weighted by Crippen LogP contribution is -2.39. The highest BCUT2D eigenvalue weighted by Crippen LogP contribution is 2.43. The summed E-state index contributed by atoms with van der Waals surface area (Å²) in [6, 6.07) is 2.21. The van der Waals surface area contributed by atoms with Crippen molar-refractivity contribution in [3.8, 4) is 0 Å². The molecule has 15 heavy (non-hydrogen) atoms. The molecule has 2 rings (SSSR count). The van der Waals surface area contributed by atoms with Crippen LogP contribution in [0.15, 0.2) is 15.2 Å². The Hall–Kier alpha value is 0.140. The van der Waals surface area contributed by atoms with Gasteiger partial charge in [-0.05, 0) is 57.6 Å². The van der Waals surface area contributed by atoms with Crippen LogP contribution in [0.2, 0.25) is 0 Å². The highest BCUT2D eigenvalue weighted by atomic mass is 79.9. The first kappa shape index (κ1) is 11.6. The largest absolute Gasteiger partial charge is 0.312 e. The molecule has 1 aliphatic rings. The van der Waals surface area contributed by atoms with Crippen molar-refractivity contribution in [3.05, 3.63) is 20.8 Å². The van der Waals surface area contributed by atoms with E-state index in [-0.39, 0.29) is 0 Å². The van der Waals surface area contributed by atoms with Crippen LogP contribution in [0.1, 0.15) is 38.2 Å². The average Bonchev–Trinajstić information content (AvgIpc) is 2.56. The highest BCUT2D eigenvalue weighted by molar-refractivity contribution is 9.11. The number of rotatable bonds is 5. The molecule has 0 radical (unpaired) electrons. The van der Waals surface area contributed by atoms with Crippen LogP contribution >= 0.6 is 27.3 Å². The number of halogens is 1. The molecule has 1 aromatic heterocycles. The first-order chi connectivity index (χ1) is 7.24. The Morgan fingerprint density at radius 1 is 1.53 bits per heavy atom. The molecule has 1 N–H and O–H groups in total. The van der Waals surface area contributed by atoms with Gasteiger partial charge in [-0.3, -0.25) is 0 Å². The maximum Gasteiger partial charge on any atom is 0.0701 e. The second kappa shape index (κ2) is 4.98. The Morgan fingerprint density at radius 3 is 2.80 bits per heavy atom. The highest BCUT2D eigenvalue weighted by Gasteiger charge is 2.34. The summed E-state index contributed by atoms with van der Waals surface area (Å²) in [6.45, 7) is 4.53. The van der Waals surface area contributed by atoms with E-state index >= 15 is 0 Å². The molecule has 0 unspecified atom stereocenters. The molecule has 0 bridgehead atoms. The third kappa shape index (κ3) is 2.83. The summed E-state index contributed by atoms with van der Waals surface area (Å²) in [7, 11) is 0. The fraction of sp³-hybridized carbons (Fsp3) is 0.667. The zero-order valence-corrected chi connectivity index (χ0v) is 11.6. The van der Waals surface area contributed by atoms with Crippen LogP contribution in [-0.4, -0.2) is 6.54 Å². The summed E-state index contributed by atoms with van der Waals surface area (Å²) < 4.78 is 1.23. The average molecular weight is 288 g/mol. The van der Waals surface area contributed by atoms with Gasteiger partial charge < -0.3 is 5.32 Å². The van der Waals surface area contributed by atoms with Crippen molar-refractivity contribution >= 4 is 27.3 Å². The molecule has 0 aromatic carbocycles. The summed E-state index contributed by atoms with van der Waals surface area (Å²) in [5, 5.41) is 5.81. The van der Waals surface area contributed by atoms with Crippen LogP contribution in [0.4, 0.5) is 0 Å². The first-order valence-electron chi connectivity index (χ1n) is 5.68. The predicted octanol–water partition coefficient (Wildman–Crippen LogP) is 4.18. The van der Waals surface area contributed by atoms with E-state index in [4.69, 9.17) is 0 Å². The monoisotopic (exact) mass is 287 g/mol. The zero-order valence-electron chi connectivity index (χ0n) is 9.18. The van der Waals surface area contributed by atoms with Gasteiger partial charge in [0.1, 0.15) is 0 Å². The topological polar surface area (TPSA) is 12.0 Å². The minimum absolute atomic E-state index is 0.632. The van der Waals surface area contributed by atoms with E-state index in [2.05, 4.69) is 39.6 Å². The summed E-state index contributed by atoms with van der Waals surface area (Å²) in [6.07, 6.45) is 5.60. The Morgan fingerprint density at radius 2 is 2.33 bits per heavy atom. The maximum atomic E-state index is 3.59. The fourth-order valence-electron chi connectivity index (χ4n) is 2.24. The number of hydrogen-bond donors (Lipinski definition) is 1. The van der Waals surface area contributed by atoms with Crippen LogP contribution in [0.5, 0.6) is 0 Å². The Balaban J connectivity index is 1.74. The van der Waals surface area contributed by atoms with E-state index in [1.165, 1.54) is 41.6 Å². The number of nitrogens with one attached hydrogen (secondary N) is 1. The van der Waals surface area contributed by atoms with Gasteiger partial charge in [-0.15, -0.1) is 11.3 Å². The van der Waals surface area contributed by atoms with Crippen molar-refractivity contribution in [2.24, 2.45) is 5.41 Å². The van der Waals surface area contributed by atoms with Gasteiger partial charge in [-0.1, -0.05) is 13.3 Å². The summed E-state index contributed by atoms with van der Waals surface area (Å²) in [4.78, 5) is 0. The molecule has 0 atom stereocenters. The van der Waals surface area contributed by atoms with E-state index in [0.717, 1.165) is 6.54 Å². The van der Waals surface area contributed by atoms with Crippen molar-refractivity contribution in [2.45, 2.75) is 39.2 Å². The van der Waals surface area contributed by atoms with Gasteiger partial charge >= 0.3 is 0 Å². The summed E-state index contributed by atoms with van der Waals surface area (Å²) in [5.41, 5.74) is 2.03. The van der Waals surface area contributed by atoms with E-state index in [0.29, 0.717) is 5.41 Å². The molecule has 0 amide bonds. The Labute approximate surface area is 104 Å². The van der Waals surface area contributed by atoms with Crippen LogP contribution < -0.4 is 5.32 Å². The molecule has 1 aliphatic carbocycles. The minimum atomic E-state index is 0.632. The quantitative estimate of drug-likeness (QED) is 0.857. The van der Waals surface area contributed by atoms with E-state index in [1.54, 1.807) is 11.3 Å². The number of hydrogen-bond acceptors (Lipinski definition) is 2. The van der Waals surface area contributed by atoms with Gasteiger partial charge in [0.05, 0.1) is 3.79 Å². The van der Waals surface area contributed by atoms with Gasteiger partial charge in [-0.25, -0.2) is 0 Å². The van der Waals surface area contributed by atoms with Gasteiger partial charge in [0.2, 0.25) is 0 Å². The summed E-state index contributed by atoms with van der Waals surface area (Å²) in [5.74, 6) is 0. The molecule has 1 heterocycles. The smallest absolute Gasteiger partial charge is 0.0701 e. The summed E-state index contributed by atoms with van der Waals surface area (Å²) >= 11 is 5.26. The van der Waals surface area contributed by atoms with Crippen molar-refractivity contribution in [3.63, 3.8) is 0 Å². The minimum Gasteiger partial charge on any atom is -0.312 e. The maximum absolute atomic E-state index is 3.59. The van der Waals surface area contributed by atoms with Gasteiger partial charge in [0.25, 0.3) is 0 Å². The van der Waals surface area contributed by atoms with Crippen molar-refractivity contribution < 1.29 is 0 Å². The third-order valence-electron chi connectivity index (χ3n) is 3.62. The normalized spacial score (nSPS) is 18.8. The fourth-order valence-corrected chi connectivity index (χ4v) is 3.45. The molecule has 84 valence electrons. The molecular formula is C12H18BrNS. The van der Waals surface area contributed by atoms with E-state index in [1.807, 2.05) is 0 Å². The lowest BCUT2D eigenvalue weighted by molar-refractivity contribution is 0.124. The predicted molar refractivity (Wildman–Crippen MR) is 70.3 cm³/mol. The molecule has 0 spiro atoms. The molecule has 0 aliphatic heterocycles. The third-order valence-corrected chi connectivity index (χ3v) is 5.17. The SMILES string of the molecule is CCC1(CNCc2csc(Br)c2)CCC1. The number of thiophene rings is 1. The first-order valence-corrected chi connectivity index (χ1v) is 7.35. The lowest BCUT2D eigenvalue weighted by Gasteiger charge is -2.41. The van der Waals surface area contributed by atoms with Crippen LogP contribution in [0.3, 0.4) is 0 Å². The Bertz CT molecular complexity index is 312. The van der Waals surface area contributed by atoms with E-state index < -0.39 is 0 Å². The molecule has 1 saturated carbocycles. The molecule has 0 saturated heterocycles. The molecule has 1 fully saturated rings. The van der Waals surface area contributed by atoms with Crippen LogP contribution in [0, 0.1) is 5.41 Å². The van der Waals surface area contributed by atoms with Gasteiger partial charge in [0.15, 0.2) is 0 Å². The van der Waals surface area contributed by atoms with Crippen molar-refractivity contribution in [1.82, 2.24) is 5.32 Å². The zero-order chi connectivity index (χ0) is 10.7. The van der Waals surface area contributed by atoms with Crippen LogP contribution in [-0.2, 0) is 6.54 Å². The van der Waals surface area contributed by atoms with E-state index in [9.17, 15) is 0 Å². The Kier molecular flexibility index (Phi) is 3.86. The van der Waals surface area contributed by atoms with Crippen molar-refractivity contribution in [2.75, 3.05) is 6.54 Å². The standard InChI is InChI=1S/C12H18BrNS/c1-2-12(4-3-5-12)9-14-7-10-6-11(13)15-8-10/h6,8,14H,2-5,7,9H2,1H3. The molecular weight excluding hydrogens is 270 g/mol. The van der Waals surface area contributed by atoms with Gasteiger partial charge in [-0.2, -0.15) is 0 Å². The van der Waals surface area contributed by atoms with Crippen LogP contribution in [0.25, 0.3) is 0 Å². The lowest BCUT2D eigenvalue weighted by atomic mass is 9.67. The molecule has 1 aromatic rings.